The molecule has 4 aromatic carbocycles. The number of hydrazone groups is 1. The topological polar surface area (TPSA) is 79.8 Å². The molecule has 2 amide bonds. The Balaban J connectivity index is 1.49. The zero-order chi connectivity index (χ0) is 23.9. The molecule has 4 rings (SSSR count). The number of hydrogen-bond acceptors (Lipinski definition) is 4. The van der Waals surface area contributed by atoms with Crippen LogP contribution in [0.15, 0.2) is 90.0 Å². The summed E-state index contributed by atoms with van der Waals surface area (Å²) in [6.07, 6.45) is 1.43. The van der Waals surface area contributed by atoms with Gasteiger partial charge in [-0.05, 0) is 58.8 Å². The van der Waals surface area contributed by atoms with E-state index in [1.807, 2.05) is 30.3 Å². The lowest BCUT2D eigenvalue weighted by atomic mass is 10.0. The summed E-state index contributed by atoms with van der Waals surface area (Å²) in [6, 6.07) is 23.7. The highest BCUT2D eigenvalue weighted by atomic mass is 35.5. The number of benzene rings is 4. The van der Waals surface area contributed by atoms with Gasteiger partial charge in [-0.15, -0.1) is 0 Å². The van der Waals surface area contributed by atoms with Crippen LogP contribution in [0.1, 0.15) is 11.1 Å². The van der Waals surface area contributed by atoms with Gasteiger partial charge in [-0.3, -0.25) is 9.59 Å². The number of hydrogen-bond donors (Lipinski definition) is 2. The molecule has 4 aromatic rings. The molecule has 6 nitrogen and oxygen atoms in total. The molecular formula is C26H19ClFN3O3. The van der Waals surface area contributed by atoms with Gasteiger partial charge in [0.05, 0.1) is 6.21 Å². The summed E-state index contributed by atoms with van der Waals surface area (Å²) >= 11 is 5.82. The summed E-state index contributed by atoms with van der Waals surface area (Å²) in [6.45, 7) is 0.218. The molecule has 0 aliphatic heterocycles. The van der Waals surface area contributed by atoms with E-state index in [2.05, 4.69) is 15.8 Å². The first-order valence-corrected chi connectivity index (χ1v) is 10.7. The van der Waals surface area contributed by atoms with Crippen LogP contribution >= 0.6 is 11.6 Å². The fraction of sp³-hybridized carbons (Fsp3) is 0.0385. The average molecular weight is 476 g/mol. The summed E-state index contributed by atoms with van der Waals surface area (Å²) in [5.74, 6) is -1.60. The van der Waals surface area contributed by atoms with Crippen LogP contribution in [-0.4, -0.2) is 18.0 Å². The van der Waals surface area contributed by atoms with Crippen LogP contribution < -0.4 is 15.5 Å². The van der Waals surface area contributed by atoms with E-state index in [0.717, 1.165) is 16.3 Å². The van der Waals surface area contributed by atoms with Gasteiger partial charge in [0.15, 0.2) is 0 Å². The zero-order valence-electron chi connectivity index (χ0n) is 17.8. The number of halogens is 2. The SMILES string of the molecule is O=C(N/N=C/c1c(OCc2ccc(F)cc2)ccc2ccccc12)C(=O)Nc1ccc(Cl)cc1. The lowest BCUT2D eigenvalue weighted by Crippen LogP contribution is -2.32. The normalized spacial score (nSPS) is 10.9. The molecule has 0 fully saturated rings. The quantitative estimate of drug-likeness (QED) is 0.225. The van der Waals surface area contributed by atoms with Gasteiger partial charge in [0, 0.05) is 16.3 Å². The van der Waals surface area contributed by atoms with Gasteiger partial charge in [0.2, 0.25) is 0 Å². The highest BCUT2D eigenvalue weighted by molar-refractivity contribution is 6.39. The van der Waals surface area contributed by atoms with E-state index < -0.39 is 11.8 Å². The predicted octanol–water partition coefficient (Wildman–Crippen LogP) is 5.30. The van der Waals surface area contributed by atoms with Crippen LogP contribution in [0, 0.1) is 5.82 Å². The summed E-state index contributed by atoms with van der Waals surface area (Å²) in [5, 5.41) is 8.74. The molecule has 8 heteroatoms. The van der Waals surface area contributed by atoms with Crippen molar-refractivity contribution in [2.24, 2.45) is 5.10 Å². The third-order valence-corrected chi connectivity index (χ3v) is 5.16. The monoisotopic (exact) mass is 475 g/mol. The minimum absolute atomic E-state index is 0.218. The molecule has 0 saturated carbocycles. The molecule has 0 aliphatic carbocycles. The molecule has 0 aromatic heterocycles. The molecule has 0 saturated heterocycles. The van der Waals surface area contributed by atoms with Crippen molar-refractivity contribution in [3.63, 3.8) is 0 Å². The van der Waals surface area contributed by atoms with Gasteiger partial charge in [-0.1, -0.05) is 54.1 Å². The van der Waals surface area contributed by atoms with Gasteiger partial charge < -0.3 is 10.1 Å². The molecule has 0 radical (unpaired) electrons. The summed E-state index contributed by atoms with van der Waals surface area (Å²) < 4.78 is 19.1. The standard InChI is InChI=1S/C26H19ClFN3O3/c27-19-8-12-21(13-9-19)30-25(32)26(33)31-29-15-23-22-4-2-1-3-18(22)7-14-24(23)34-16-17-5-10-20(28)11-6-17/h1-15H,16H2,(H,30,32)(H,31,33)/b29-15+. The van der Waals surface area contributed by atoms with E-state index in [9.17, 15) is 14.0 Å². The van der Waals surface area contributed by atoms with Crippen molar-refractivity contribution in [3.05, 3.63) is 107 Å². The first-order valence-electron chi connectivity index (χ1n) is 10.3. The lowest BCUT2D eigenvalue weighted by molar-refractivity contribution is -0.136. The summed E-state index contributed by atoms with van der Waals surface area (Å²) in [7, 11) is 0. The predicted molar refractivity (Wildman–Crippen MR) is 130 cm³/mol. The van der Waals surface area contributed by atoms with Gasteiger partial charge >= 0.3 is 11.8 Å². The number of carbonyl (C=O) groups is 2. The Bertz CT molecular complexity index is 1360. The van der Waals surface area contributed by atoms with Crippen molar-refractivity contribution in [3.8, 4) is 5.75 Å². The molecule has 0 bridgehead atoms. The molecule has 170 valence electrons. The number of nitrogens with zero attached hydrogens (tertiary/aromatic N) is 1. The molecule has 2 N–H and O–H groups in total. The second-order valence-corrected chi connectivity index (χ2v) is 7.71. The Labute approximate surface area is 200 Å². The van der Waals surface area contributed by atoms with Crippen LogP contribution in [0.5, 0.6) is 5.75 Å². The van der Waals surface area contributed by atoms with Gasteiger partial charge in [-0.25, -0.2) is 9.82 Å². The first-order chi connectivity index (χ1) is 16.5. The summed E-state index contributed by atoms with van der Waals surface area (Å²) in [5.41, 5.74) is 4.08. The van der Waals surface area contributed by atoms with E-state index >= 15 is 0 Å². The Morgan fingerprint density at radius 2 is 1.65 bits per heavy atom. The number of anilines is 1. The van der Waals surface area contributed by atoms with Crippen LogP contribution in [0.2, 0.25) is 5.02 Å². The van der Waals surface area contributed by atoms with Crippen LogP contribution in [0.3, 0.4) is 0 Å². The number of rotatable bonds is 6. The van der Waals surface area contributed by atoms with Crippen molar-refractivity contribution in [2.75, 3.05) is 5.32 Å². The second kappa shape index (κ2) is 10.6. The molecule has 0 atom stereocenters. The van der Waals surface area contributed by atoms with Crippen molar-refractivity contribution in [1.82, 2.24) is 5.43 Å². The summed E-state index contributed by atoms with van der Waals surface area (Å²) in [4.78, 5) is 24.3. The molecule has 0 spiro atoms. The fourth-order valence-corrected chi connectivity index (χ4v) is 3.33. The van der Waals surface area contributed by atoms with Crippen LogP contribution in [0.25, 0.3) is 10.8 Å². The smallest absolute Gasteiger partial charge is 0.329 e. The first kappa shape index (κ1) is 22.9. The minimum atomic E-state index is -0.930. The van der Waals surface area contributed by atoms with Crippen molar-refractivity contribution in [1.29, 1.82) is 0 Å². The maximum Gasteiger partial charge on any atom is 0.329 e. The van der Waals surface area contributed by atoms with Crippen molar-refractivity contribution in [2.45, 2.75) is 6.61 Å². The number of carbonyl (C=O) groups excluding carboxylic acids is 2. The third kappa shape index (κ3) is 5.76. The second-order valence-electron chi connectivity index (χ2n) is 7.27. The maximum absolute atomic E-state index is 13.2. The minimum Gasteiger partial charge on any atom is -0.488 e. The Hall–Kier alpha value is -4.23. The largest absolute Gasteiger partial charge is 0.488 e. The van der Waals surface area contributed by atoms with E-state index in [1.54, 1.807) is 42.5 Å². The van der Waals surface area contributed by atoms with Gasteiger partial charge in [0.1, 0.15) is 18.2 Å². The third-order valence-electron chi connectivity index (χ3n) is 4.91. The number of nitrogens with one attached hydrogen (secondary N) is 2. The Morgan fingerprint density at radius 3 is 2.41 bits per heavy atom. The number of ether oxygens (including phenoxy) is 1. The molecule has 0 aliphatic rings. The van der Waals surface area contributed by atoms with E-state index in [4.69, 9.17) is 16.3 Å². The van der Waals surface area contributed by atoms with E-state index in [0.29, 0.717) is 22.0 Å². The van der Waals surface area contributed by atoms with Crippen LogP contribution in [-0.2, 0) is 16.2 Å². The van der Waals surface area contributed by atoms with E-state index in [1.165, 1.54) is 18.3 Å². The maximum atomic E-state index is 13.2. The Morgan fingerprint density at radius 1 is 0.912 bits per heavy atom. The van der Waals surface area contributed by atoms with E-state index in [-0.39, 0.29) is 12.4 Å². The van der Waals surface area contributed by atoms with Gasteiger partial charge in [0.25, 0.3) is 0 Å². The molecule has 0 heterocycles. The molecular weight excluding hydrogens is 457 g/mol. The van der Waals surface area contributed by atoms with Crippen LogP contribution in [0.4, 0.5) is 10.1 Å². The highest BCUT2D eigenvalue weighted by Crippen LogP contribution is 2.27. The lowest BCUT2D eigenvalue weighted by Gasteiger charge is -2.12. The zero-order valence-corrected chi connectivity index (χ0v) is 18.6. The fourth-order valence-electron chi connectivity index (χ4n) is 3.20. The average Bonchev–Trinajstić information content (AvgIpc) is 2.85. The van der Waals surface area contributed by atoms with Gasteiger partial charge in [-0.2, -0.15) is 5.10 Å². The Kier molecular flexibility index (Phi) is 7.15. The van der Waals surface area contributed by atoms with Crippen molar-refractivity contribution < 1.29 is 18.7 Å². The van der Waals surface area contributed by atoms with Crippen molar-refractivity contribution >= 4 is 46.1 Å². The molecule has 0 unspecified atom stereocenters. The highest BCUT2D eigenvalue weighted by Gasteiger charge is 2.13. The number of amides is 2. The molecule has 34 heavy (non-hydrogen) atoms. The number of fused-ring (bicyclic) bond motifs is 1.